The number of quaternary nitrogens is 1. The predicted octanol–water partition coefficient (Wildman–Crippen LogP) is 0.436. The molecule has 0 unspecified atom stereocenters. The summed E-state index contributed by atoms with van der Waals surface area (Å²) >= 11 is 0. The van der Waals surface area contributed by atoms with Crippen molar-refractivity contribution in [2.75, 3.05) is 38.5 Å². The van der Waals surface area contributed by atoms with Crippen molar-refractivity contribution in [2.24, 2.45) is 0 Å². The maximum atomic E-state index is 12.4. The molecule has 0 aliphatic carbocycles. The van der Waals surface area contributed by atoms with Crippen LogP contribution in [0.2, 0.25) is 0 Å². The maximum Gasteiger partial charge on any atom is 0.314 e. The fourth-order valence-corrected chi connectivity index (χ4v) is 4.00. The lowest BCUT2D eigenvalue weighted by molar-refractivity contribution is -0.901. The first kappa shape index (κ1) is 18.4. The molecule has 0 bridgehead atoms. The lowest BCUT2D eigenvalue weighted by Gasteiger charge is -2.32. The number of rotatable bonds is 6. The van der Waals surface area contributed by atoms with Crippen molar-refractivity contribution in [3.05, 3.63) is 66.2 Å². The van der Waals surface area contributed by atoms with E-state index in [1.54, 1.807) is 30.3 Å². The van der Waals surface area contributed by atoms with Gasteiger partial charge in [-0.1, -0.05) is 36.4 Å². The average Bonchev–Trinajstić information content (AvgIpc) is 2.67. The molecule has 0 saturated carbocycles. The number of nitrogens with one attached hydrogen (secondary N) is 1. The molecule has 1 fully saturated rings. The van der Waals surface area contributed by atoms with Crippen LogP contribution in [-0.2, 0) is 10.1 Å². The third kappa shape index (κ3) is 5.06. The van der Waals surface area contributed by atoms with Gasteiger partial charge in [0.2, 0.25) is 0 Å². The van der Waals surface area contributed by atoms with Gasteiger partial charge in [0, 0.05) is 5.56 Å². The van der Waals surface area contributed by atoms with E-state index >= 15 is 0 Å². The van der Waals surface area contributed by atoms with Gasteiger partial charge in [-0.25, -0.2) is 0 Å². The molecule has 2 aromatic rings. The van der Waals surface area contributed by atoms with Crippen LogP contribution in [0.4, 0.5) is 0 Å². The predicted molar refractivity (Wildman–Crippen MR) is 98.8 cm³/mol. The number of para-hydroxylation sites is 1. The van der Waals surface area contributed by atoms with Crippen LogP contribution in [0.15, 0.2) is 60.7 Å². The molecular formula is C19H23N2O4S+. The fourth-order valence-electron chi connectivity index (χ4n) is 2.97. The molecule has 1 heterocycles. The summed E-state index contributed by atoms with van der Waals surface area (Å²) in [5.74, 6) is 0.328. The molecule has 0 radical (unpaired) electrons. The molecule has 0 aromatic heterocycles. The summed E-state index contributed by atoms with van der Waals surface area (Å²) in [7, 11) is -3.61. The zero-order chi connectivity index (χ0) is 18.4. The molecule has 0 atom stereocenters. The van der Waals surface area contributed by atoms with E-state index < -0.39 is 10.1 Å². The first-order chi connectivity index (χ1) is 12.5. The number of hydrogen-bond donors (Lipinski definition) is 1. The van der Waals surface area contributed by atoms with E-state index in [0.29, 0.717) is 30.9 Å². The van der Waals surface area contributed by atoms with Crippen molar-refractivity contribution in [2.45, 2.75) is 0 Å². The van der Waals surface area contributed by atoms with Crippen LogP contribution in [0.25, 0.3) is 0 Å². The van der Waals surface area contributed by atoms with E-state index in [1.807, 2.05) is 35.2 Å². The van der Waals surface area contributed by atoms with Crippen molar-refractivity contribution in [1.29, 1.82) is 0 Å². The number of piperazine rings is 1. The molecule has 3 rings (SSSR count). The summed E-state index contributed by atoms with van der Waals surface area (Å²) in [4.78, 5) is 15.4. The lowest BCUT2D eigenvalue weighted by Crippen LogP contribution is -3.15. The Labute approximate surface area is 154 Å². The molecule has 6 nitrogen and oxygen atoms in total. The van der Waals surface area contributed by atoms with Gasteiger partial charge in [0.05, 0.1) is 32.7 Å². The maximum absolute atomic E-state index is 12.4. The molecule has 0 spiro atoms. The van der Waals surface area contributed by atoms with E-state index in [9.17, 15) is 13.2 Å². The molecule has 26 heavy (non-hydrogen) atoms. The van der Waals surface area contributed by atoms with Crippen LogP contribution in [-0.4, -0.2) is 57.7 Å². The highest BCUT2D eigenvalue weighted by atomic mass is 32.2. The SMILES string of the molecule is O=C(c1ccccc1)N1CC[NH+](CCS(=O)(=O)Oc2ccccc2)CC1. The first-order valence-electron chi connectivity index (χ1n) is 8.69. The van der Waals surface area contributed by atoms with Gasteiger partial charge in [0.25, 0.3) is 5.91 Å². The average molecular weight is 375 g/mol. The third-order valence-corrected chi connectivity index (χ3v) is 5.60. The van der Waals surface area contributed by atoms with E-state index in [-0.39, 0.29) is 11.7 Å². The highest BCUT2D eigenvalue weighted by molar-refractivity contribution is 7.87. The van der Waals surface area contributed by atoms with Gasteiger partial charge in [-0.05, 0) is 24.3 Å². The summed E-state index contributed by atoms with van der Waals surface area (Å²) in [6.07, 6.45) is 0. The Morgan fingerprint density at radius 1 is 0.962 bits per heavy atom. The van der Waals surface area contributed by atoms with E-state index in [4.69, 9.17) is 4.18 Å². The molecule has 1 amide bonds. The number of nitrogens with zero attached hydrogens (tertiary/aromatic N) is 1. The minimum Gasteiger partial charge on any atom is -0.382 e. The topological polar surface area (TPSA) is 68.1 Å². The normalized spacial score (nSPS) is 15.6. The summed E-state index contributed by atoms with van der Waals surface area (Å²) in [6.45, 7) is 3.20. The molecule has 7 heteroatoms. The van der Waals surface area contributed by atoms with Crippen molar-refractivity contribution >= 4 is 16.0 Å². The second kappa shape index (κ2) is 8.33. The van der Waals surface area contributed by atoms with E-state index in [2.05, 4.69) is 0 Å². The molecule has 2 aromatic carbocycles. The zero-order valence-corrected chi connectivity index (χ0v) is 15.3. The van der Waals surface area contributed by atoms with Gasteiger partial charge in [-0.15, -0.1) is 0 Å². The van der Waals surface area contributed by atoms with E-state index in [0.717, 1.165) is 13.1 Å². The Morgan fingerprint density at radius 2 is 1.54 bits per heavy atom. The summed E-state index contributed by atoms with van der Waals surface area (Å²) < 4.78 is 29.3. The Balaban J connectivity index is 1.46. The van der Waals surface area contributed by atoms with Gasteiger partial charge in [0.15, 0.2) is 0 Å². The minimum atomic E-state index is -3.61. The van der Waals surface area contributed by atoms with Crippen LogP contribution in [0.1, 0.15) is 10.4 Å². The summed E-state index contributed by atoms with van der Waals surface area (Å²) in [5, 5.41) is 0. The minimum absolute atomic E-state index is 0.0321. The second-order valence-corrected chi connectivity index (χ2v) is 8.01. The van der Waals surface area contributed by atoms with Crippen molar-refractivity contribution < 1.29 is 22.3 Å². The van der Waals surface area contributed by atoms with Gasteiger partial charge < -0.3 is 14.0 Å². The first-order valence-corrected chi connectivity index (χ1v) is 10.3. The molecular weight excluding hydrogens is 352 g/mol. The van der Waals surface area contributed by atoms with Crippen molar-refractivity contribution in [3.8, 4) is 5.75 Å². The van der Waals surface area contributed by atoms with Crippen LogP contribution in [0, 0.1) is 0 Å². The number of benzene rings is 2. The zero-order valence-electron chi connectivity index (χ0n) is 14.5. The highest BCUT2D eigenvalue weighted by Crippen LogP contribution is 2.11. The summed E-state index contributed by atoms with van der Waals surface area (Å²) in [5.41, 5.74) is 0.690. The molecule has 1 N–H and O–H groups in total. The van der Waals surface area contributed by atoms with Gasteiger partial charge in [-0.2, -0.15) is 8.42 Å². The standard InChI is InChI=1S/C19H22N2O4S/c22-19(17-7-3-1-4-8-17)21-13-11-20(12-14-21)15-16-26(23,24)25-18-9-5-2-6-10-18/h1-10H,11-16H2/p+1. The Kier molecular flexibility index (Phi) is 5.90. The van der Waals surface area contributed by atoms with Gasteiger partial charge in [0.1, 0.15) is 11.5 Å². The molecule has 1 aliphatic rings. The fraction of sp³-hybridized carbons (Fsp3) is 0.316. The van der Waals surface area contributed by atoms with Gasteiger partial charge in [-0.3, -0.25) is 4.79 Å². The number of hydrogen-bond acceptors (Lipinski definition) is 4. The monoisotopic (exact) mass is 375 g/mol. The Bertz CT molecular complexity index is 817. The summed E-state index contributed by atoms with van der Waals surface area (Å²) in [6, 6.07) is 17.7. The molecule has 1 aliphatic heterocycles. The lowest BCUT2D eigenvalue weighted by atomic mass is 10.2. The molecule has 1 saturated heterocycles. The highest BCUT2D eigenvalue weighted by Gasteiger charge is 2.26. The van der Waals surface area contributed by atoms with Crippen molar-refractivity contribution in [1.82, 2.24) is 4.90 Å². The molecule has 138 valence electrons. The quantitative estimate of drug-likeness (QED) is 0.744. The van der Waals surface area contributed by atoms with Crippen LogP contribution in [0.3, 0.4) is 0 Å². The van der Waals surface area contributed by atoms with Gasteiger partial charge >= 0.3 is 10.1 Å². The van der Waals surface area contributed by atoms with E-state index in [1.165, 1.54) is 4.90 Å². The van der Waals surface area contributed by atoms with Crippen LogP contribution < -0.4 is 9.08 Å². The number of carbonyl (C=O) groups is 1. The van der Waals surface area contributed by atoms with Crippen molar-refractivity contribution in [3.63, 3.8) is 0 Å². The number of carbonyl (C=O) groups excluding carboxylic acids is 1. The van der Waals surface area contributed by atoms with Crippen LogP contribution in [0.5, 0.6) is 5.75 Å². The second-order valence-electron chi connectivity index (χ2n) is 6.32. The Morgan fingerprint density at radius 3 is 2.15 bits per heavy atom. The number of amides is 1. The smallest absolute Gasteiger partial charge is 0.314 e. The Hall–Kier alpha value is -2.38. The largest absolute Gasteiger partial charge is 0.382 e. The third-order valence-electron chi connectivity index (χ3n) is 4.45. The van der Waals surface area contributed by atoms with Crippen LogP contribution >= 0.6 is 0 Å².